The van der Waals surface area contributed by atoms with Crippen LogP contribution >= 0.6 is 0 Å². The van der Waals surface area contributed by atoms with Crippen LogP contribution in [-0.2, 0) is 14.3 Å². The molecule has 0 saturated carbocycles. The van der Waals surface area contributed by atoms with Crippen LogP contribution in [0.5, 0.6) is 0 Å². The van der Waals surface area contributed by atoms with E-state index < -0.39 is 11.7 Å². The monoisotopic (exact) mass is 260 g/mol. The summed E-state index contributed by atoms with van der Waals surface area (Å²) < 4.78 is 10.5. The maximum atomic E-state index is 11.4. The molecule has 0 bridgehead atoms. The molecule has 0 amide bonds. The van der Waals surface area contributed by atoms with Crippen LogP contribution in [0.15, 0.2) is 0 Å². The Morgan fingerprint density at radius 1 is 1.28 bits per heavy atom. The molecule has 0 aromatic rings. The minimum absolute atomic E-state index is 0.207. The second-order valence-corrected chi connectivity index (χ2v) is 5.56. The molecule has 0 spiro atoms. The molecule has 1 unspecified atom stereocenters. The van der Waals surface area contributed by atoms with Crippen LogP contribution in [0.4, 0.5) is 0 Å². The lowest BCUT2D eigenvalue weighted by Crippen LogP contribution is -2.24. The number of aliphatic hydroxyl groups is 1. The smallest absolute Gasteiger partial charge is 0.306 e. The molecule has 0 heterocycles. The zero-order chi connectivity index (χ0) is 14.0. The van der Waals surface area contributed by atoms with E-state index in [0.29, 0.717) is 32.5 Å². The summed E-state index contributed by atoms with van der Waals surface area (Å²) in [6.07, 6.45) is 3.19. The van der Waals surface area contributed by atoms with Crippen molar-refractivity contribution in [2.24, 2.45) is 0 Å². The topological polar surface area (TPSA) is 55.8 Å². The van der Waals surface area contributed by atoms with Crippen LogP contribution in [0, 0.1) is 0 Å². The van der Waals surface area contributed by atoms with Gasteiger partial charge in [-0.05, 0) is 40.0 Å². The molecule has 0 aliphatic rings. The third kappa shape index (κ3) is 11.9. The first kappa shape index (κ1) is 17.4. The first-order valence-electron chi connectivity index (χ1n) is 6.83. The van der Waals surface area contributed by atoms with Gasteiger partial charge >= 0.3 is 5.97 Å². The fourth-order valence-electron chi connectivity index (χ4n) is 1.42. The lowest BCUT2D eigenvalue weighted by molar-refractivity contribution is -0.155. The number of carbonyl (C=O) groups excluding carboxylic acids is 1. The van der Waals surface area contributed by atoms with E-state index in [0.717, 1.165) is 12.8 Å². The lowest BCUT2D eigenvalue weighted by Gasteiger charge is -2.19. The number of aliphatic hydroxyl groups excluding tert-OH is 1. The second kappa shape index (κ2) is 9.34. The van der Waals surface area contributed by atoms with Gasteiger partial charge in [0.1, 0.15) is 5.60 Å². The molecular formula is C14H28O4. The Morgan fingerprint density at radius 2 is 1.94 bits per heavy atom. The maximum Gasteiger partial charge on any atom is 0.306 e. The minimum atomic E-state index is -0.482. The number of hydrogen-bond donors (Lipinski definition) is 1. The Hall–Kier alpha value is -0.610. The van der Waals surface area contributed by atoms with E-state index in [1.165, 1.54) is 0 Å². The zero-order valence-electron chi connectivity index (χ0n) is 12.2. The molecule has 0 aromatic carbocycles. The maximum absolute atomic E-state index is 11.4. The minimum Gasteiger partial charge on any atom is -0.460 e. The van der Waals surface area contributed by atoms with E-state index in [4.69, 9.17) is 9.47 Å². The van der Waals surface area contributed by atoms with E-state index in [-0.39, 0.29) is 5.97 Å². The van der Waals surface area contributed by atoms with Crippen LogP contribution in [0.2, 0.25) is 0 Å². The number of ether oxygens (including phenoxy) is 2. The summed E-state index contributed by atoms with van der Waals surface area (Å²) in [4.78, 5) is 11.4. The average Bonchev–Trinajstić information content (AvgIpc) is 2.22. The highest BCUT2D eigenvalue weighted by Crippen LogP contribution is 2.10. The molecule has 1 N–H and O–H groups in total. The van der Waals surface area contributed by atoms with Crippen LogP contribution in [-0.4, -0.2) is 36.0 Å². The Kier molecular flexibility index (Phi) is 9.02. The van der Waals surface area contributed by atoms with Gasteiger partial charge in [0.2, 0.25) is 0 Å². The highest BCUT2D eigenvalue weighted by Gasteiger charge is 2.16. The number of carbonyl (C=O) groups is 1. The number of rotatable bonds is 9. The van der Waals surface area contributed by atoms with Gasteiger partial charge < -0.3 is 14.6 Å². The molecule has 0 fully saturated rings. The summed E-state index contributed by atoms with van der Waals surface area (Å²) >= 11 is 0. The largest absolute Gasteiger partial charge is 0.460 e. The van der Waals surface area contributed by atoms with Crippen molar-refractivity contribution in [3.8, 4) is 0 Å². The number of hydrogen-bond acceptors (Lipinski definition) is 4. The van der Waals surface area contributed by atoms with Gasteiger partial charge in [0, 0.05) is 13.0 Å². The highest BCUT2D eigenvalue weighted by atomic mass is 16.6. The predicted molar refractivity (Wildman–Crippen MR) is 71.4 cm³/mol. The fourth-order valence-corrected chi connectivity index (χ4v) is 1.42. The van der Waals surface area contributed by atoms with Crippen molar-refractivity contribution in [1.29, 1.82) is 0 Å². The second-order valence-electron chi connectivity index (χ2n) is 5.56. The third-order valence-corrected chi connectivity index (χ3v) is 2.29. The Bertz CT molecular complexity index is 220. The van der Waals surface area contributed by atoms with Gasteiger partial charge in [0.15, 0.2) is 0 Å². The average molecular weight is 260 g/mol. The van der Waals surface area contributed by atoms with Crippen molar-refractivity contribution >= 4 is 5.97 Å². The number of esters is 1. The molecule has 1 atom stereocenters. The third-order valence-electron chi connectivity index (χ3n) is 2.29. The highest BCUT2D eigenvalue weighted by molar-refractivity contribution is 5.69. The first-order chi connectivity index (χ1) is 8.35. The molecule has 0 saturated heterocycles. The van der Waals surface area contributed by atoms with Gasteiger partial charge in [-0.3, -0.25) is 4.79 Å². The molecular weight excluding hydrogens is 232 g/mol. The van der Waals surface area contributed by atoms with Crippen molar-refractivity contribution < 1.29 is 19.4 Å². The fraction of sp³-hybridized carbons (Fsp3) is 0.929. The standard InChI is InChI=1S/C14H28O4/c1-5-6-10-17-11-12(15)8-7-9-13(16)18-14(2,3)4/h12,15H,5-11H2,1-4H3. The molecule has 0 aliphatic heterocycles. The Morgan fingerprint density at radius 3 is 2.50 bits per heavy atom. The molecule has 0 aromatic heterocycles. The number of unbranched alkanes of at least 4 members (excludes halogenated alkanes) is 1. The Labute approximate surface area is 111 Å². The Balaban J connectivity index is 3.50. The van der Waals surface area contributed by atoms with E-state index in [9.17, 15) is 9.90 Å². The normalized spacial score (nSPS) is 13.4. The van der Waals surface area contributed by atoms with Crippen molar-refractivity contribution in [2.75, 3.05) is 13.2 Å². The van der Waals surface area contributed by atoms with E-state index >= 15 is 0 Å². The summed E-state index contributed by atoms with van der Waals surface area (Å²) in [7, 11) is 0. The molecule has 0 aliphatic carbocycles. The SMILES string of the molecule is CCCCOCC(O)CCCC(=O)OC(C)(C)C. The van der Waals surface area contributed by atoms with Gasteiger partial charge in [-0.15, -0.1) is 0 Å². The van der Waals surface area contributed by atoms with Gasteiger partial charge in [-0.2, -0.15) is 0 Å². The van der Waals surface area contributed by atoms with Crippen LogP contribution in [0.25, 0.3) is 0 Å². The van der Waals surface area contributed by atoms with E-state index in [2.05, 4.69) is 6.92 Å². The van der Waals surface area contributed by atoms with Crippen molar-refractivity contribution in [3.63, 3.8) is 0 Å². The van der Waals surface area contributed by atoms with Crippen molar-refractivity contribution in [3.05, 3.63) is 0 Å². The van der Waals surface area contributed by atoms with Gasteiger partial charge in [0.05, 0.1) is 12.7 Å². The summed E-state index contributed by atoms with van der Waals surface area (Å²) in [6, 6.07) is 0. The first-order valence-corrected chi connectivity index (χ1v) is 6.83. The summed E-state index contributed by atoms with van der Waals surface area (Å²) in [5, 5.41) is 9.62. The molecule has 4 heteroatoms. The molecule has 18 heavy (non-hydrogen) atoms. The predicted octanol–water partition coefficient (Wildman–Crippen LogP) is 2.68. The van der Waals surface area contributed by atoms with Crippen molar-refractivity contribution in [2.45, 2.75) is 71.5 Å². The van der Waals surface area contributed by atoms with Crippen LogP contribution < -0.4 is 0 Å². The molecule has 4 nitrogen and oxygen atoms in total. The van der Waals surface area contributed by atoms with Gasteiger partial charge in [0.25, 0.3) is 0 Å². The van der Waals surface area contributed by atoms with E-state index in [1.54, 1.807) is 0 Å². The van der Waals surface area contributed by atoms with Crippen LogP contribution in [0.3, 0.4) is 0 Å². The molecule has 0 rings (SSSR count). The van der Waals surface area contributed by atoms with Crippen molar-refractivity contribution in [1.82, 2.24) is 0 Å². The van der Waals surface area contributed by atoms with Gasteiger partial charge in [-0.1, -0.05) is 13.3 Å². The van der Waals surface area contributed by atoms with Gasteiger partial charge in [-0.25, -0.2) is 0 Å². The lowest BCUT2D eigenvalue weighted by atomic mass is 10.1. The summed E-state index contributed by atoms with van der Waals surface area (Å²) in [5.41, 5.74) is -0.432. The zero-order valence-corrected chi connectivity index (χ0v) is 12.2. The molecule has 108 valence electrons. The summed E-state index contributed by atoms with van der Waals surface area (Å²) in [5.74, 6) is -0.207. The quantitative estimate of drug-likeness (QED) is 0.511. The van der Waals surface area contributed by atoms with Crippen LogP contribution in [0.1, 0.15) is 59.8 Å². The molecule has 0 radical (unpaired) electrons. The van der Waals surface area contributed by atoms with E-state index in [1.807, 2.05) is 20.8 Å². The summed E-state index contributed by atoms with van der Waals surface area (Å²) in [6.45, 7) is 8.69.